The van der Waals surface area contributed by atoms with Gasteiger partial charge >= 0.3 is 12.1 Å². The Bertz CT molecular complexity index is 1750. The zero-order valence-corrected chi connectivity index (χ0v) is 25.5. The first-order valence-electron chi connectivity index (χ1n) is 14.3. The number of nitrogens with zero attached hydrogens (tertiary/aromatic N) is 1. The van der Waals surface area contributed by atoms with E-state index in [4.69, 9.17) is 4.74 Å². The van der Waals surface area contributed by atoms with Crippen molar-refractivity contribution in [3.8, 4) is 11.8 Å². The number of nitrogens with one attached hydrogen (secondary N) is 4. The van der Waals surface area contributed by atoms with Gasteiger partial charge in [-0.25, -0.2) is 18.5 Å². The number of rotatable bonds is 7. The van der Waals surface area contributed by atoms with Crippen LogP contribution in [0.5, 0.6) is 0 Å². The molecule has 230 valence electrons. The molecule has 0 unspecified atom stereocenters. The van der Waals surface area contributed by atoms with E-state index >= 15 is 0 Å². The summed E-state index contributed by atoms with van der Waals surface area (Å²) in [6, 6.07) is 20.6. The molecule has 9 nitrogen and oxygen atoms in total. The second-order valence-corrected chi connectivity index (χ2v) is 11.2. The van der Waals surface area contributed by atoms with Gasteiger partial charge in [0.05, 0.1) is 11.3 Å². The van der Waals surface area contributed by atoms with Gasteiger partial charge in [0.25, 0.3) is 5.91 Å². The number of aromatic nitrogens is 1. The van der Waals surface area contributed by atoms with Crippen LogP contribution in [0, 0.1) is 17.7 Å². The molecule has 4 N–H and O–H groups in total. The van der Waals surface area contributed by atoms with Crippen LogP contribution in [0.4, 0.5) is 31.0 Å². The maximum Gasteiger partial charge on any atom is 0.412 e. The molecule has 0 atom stereocenters. The molecule has 0 spiro atoms. The minimum atomic E-state index is -0.674. The molecule has 0 aliphatic carbocycles. The second-order valence-electron chi connectivity index (χ2n) is 11.2. The normalized spacial score (nSPS) is 10.6. The van der Waals surface area contributed by atoms with Crippen molar-refractivity contribution in [2.45, 2.75) is 32.8 Å². The summed E-state index contributed by atoms with van der Waals surface area (Å²) in [6.07, 6.45) is 3.95. The number of carbonyl (C=O) groups is 3. The zero-order chi connectivity index (χ0) is 32.4. The Morgan fingerprint density at radius 3 is 2.36 bits per heavy atom. The van der Waals surface area contributed by atoms with Gasteiger partial charge < -0.3 is 20.7 Å². The Kier molecular flexibility index (Phi) is 10.5. The van der Waals surface area contributed by atoms with Crippen molar-refractivity contribution in [1.82, 2.24) is 5.32 Å². The number of hydrogen-bond donors (Lipinski definition) is 4. The van der Waals surface area contributed by atoms with Crippen molar-refractivity contribution >= 4 is 35.1 Å². The van der Waals surface area contributed by atoms with Crippen molar-refractivity contribution in [2.24, 2.45) is 7.05 Å². The molecular formula is C35H35FN5O4+. The summed E-state index contributed by atoms with van der Waals surface area (Å²) in [5.74, 6) is 5.16. The van der Waals surface area contributed by atoms with Crippen LogP contribution in [0.1, 0.15) is 47.8 Å². The van der Waals surface area contributed by atoms with Gasteiger partial charge in [-0.2, -0.15) is 0 Å². The number of amides is 4. The highest BCUT2D eigenvalue weighted by Gasteiger charge is 2.17. The number of carbonyl (C=O) groups excluding carboxylic acids is 3. The molecule has 0 bridgehead atoms. The van der Waals surface area contributed by atoms with Crippen LogP contribution in [0.3, 0.4) is 0 Å². The van der Waals surface area contributed by atoms with Crippen LogP contribution < -0.4 is 25.8 Å². The van der Waals surface area contributed by atoms with E-state index in [0.717, 1.165) is 5.56 Å². The van der Waals surface area contributed by atoms with Crippen LogP contribution in [0.25, 0.3) is 0 Å². The Hall–Kier alpha value is -5.69. The van der Waals surface area contributed by atoms with E-state index < -0.39 is 17.6 Å². The van der Waals surface area contributed by atoms with Crippen LogP contribution >= 0.6 is 0 Å². The number of halogens is 1. The first kappa shape index (κ1) is 32.2. The summed E-state index contributed by atoms with van der Waals surface area (Å²) < 4.78 is 20.6. The Morgan fingerprint density at radius 1 is 0.867 bits per heavy atom. The van der Waals surface area contributed by atoms with E-state index in [0.29, 0.717) is 41.2 Å². The molecule has 0 saturated carbocycles. The summed E-state index contributed by atoms with van der Waals surface area (Å²) in [5, 5.41) is 11.1. The van der Waals surface area contributed by atoms with Crippen molar-refractivity contribution in [3.63, 3.8) is 0 Å². The maximum absolute atomic E-state index is 13.4. The van der Waals surface area contributed by atoms with Crippen molar-refractivity contribution in [2.75, 3.05) is 22.5 Å². The monoisotopic (exact) mass is 608 g/mol. The van der Waals surface area contributed by atoms with Crippen LogP contribution in [0.15, 0.2) is 91.3 Å². The van der Waals surface area contributed by atoms with Gasteiger partial charge in [0, 0.05) is 40.7 Å². The van der Waals surface area contributed by atoms with Crippen molar-refractivity contribution in [3.05, 3.63) is 119 Å². The molecule has 4 rings (SSSR count). The quantitative estimate of drug-likeness (QED) is 0.152. The molecule has 0 aliphatic rings. The number of anilines is 3. The molecule has 0 radical (unpaired) electrons. The molecule has 0 aliphatic heterocycles. The molecular weight excluding hydrogens is 573 g/mol. The fourth-order valence-electron chi connectivity index (χ4n) is 4.15. The predicted molar refractivity (Wildman–Crippen MR) is 171 cm³/mol. The van der Waals surface area contributed by atoms with Crippen molar-refractivity contribution in [1.29, 1.82) is 0 Å². The third kappa shape index (κ3) is 10.5. The third-order valence-corrected chi connectivity index (χ3v) is 6.18. The summed E-state index contributed by atoms with van der Waals surface area (Å²) >= 11 is 0. The lowest BCUT2D eigenvalue weighted by atomic mass is 10.1. The van der Waals surface area contributed by atoms with E-state index in [9.17, 15) is 18.8 Å². The lowest BCUT2D eigenvalue weighted by Crippen LogP contribution is -2.31. The minimum absolute atomic E-state index is 0.287. The third-order valence-electron chi connectivity index (χ3n) is 6.18. The van der Waals surface area contributed by atoms with Crippen LogP contribution in [0.2, 0.25) is 0 Å². The molecule has 1 aromatic heterocycles. The van der Waals surface area contributed by atoms with Gasteiger partial charge in [-0.05, 0) is 93.9 Å². The highest BCUT2D eigenvalue weighted by Crippen LogP contribution is 2.22. The first-order chi connectivity index (χ1) is 21.4. The van der Waals surface area contributed by atoms with Gasteiger partial charge in [0.15, 0.2) is 12.4 Å². The fourth-order valence-corrected chi connectivity index (χ4v) is 4.15. The van der Waals surface area contributed by atoms with Gasteiger partial charge in [-0.3, -0.25) is 10.1 Å². The Morgan fingerprint density at radius 2 is 1.62 bits per heavy atom. The number of pyridine rings is 1. The lowest BCUT2D eigenvalue weighted by molar-refractivity contribution is -0.671. The molecule has 4 aromatic rings. The summed E-state index contributed by atoms with van der Waals surface area (Å²) in [4.78, 5) is 38.0. The molecule has 10 heteroatoms. The second kappa shape index (κ2) is 14.7. The number of aryl methyl sites for hydroxylation is 1. The SMILES string of the molecule is C[n+]1cccc(CCNC(=O)Nc2ccc(NC(=O)c3cccc(NC(=O)OC(C)(C)C)c3)c(C#Cc3ccc(F)cc3)c2)c1. The van der Waals surface area contributed by atoms with Gasteiger partial charge in [0.1, 0.15) is 18.5 Å². The predicted octanol–water partition coefficient (Wildman–Crippen LogP) is 6.01. The largest absolute Gasteiger partial charge is 0.444 e. The molecule has 3 aromatic carbocycles. The Labute approximate surface area is 261 Å². The standard InChI is InChI=1S/C35H34FN5O4/c1-35(2,3)45-34(44)39-29-9-5-8-27(22-29)32(42)40-31-17-16-30(21-26(31)13-10-24-11-14-28(36)15-12-24)38-33(43)37-19-18-25-7-6-20-41(4)23-25/h5-9,11-12,14-17,20-23H,18-19H2,1-4H3,(H3-,37,38,39,40,42,43,44)/p+1. The number of hydrogen-bond acceptors (Lipinski definition) is 4. The van der Waals surface area contributed by atoms with Gasteiger partial charge in [-0.15, -0.1) is 0 Å². The summed E-state index contributed by atoms with van der Waals surface area (Å²) in [5.41, 5.74) is 2.93. The maximum atomic E-state index is 13.4. The molecule has 1 heterocycles. The number of urea groups is 1. The minimum Gasteiger partial charge on any atom is -0.444 e. The highest BCUT2D eigenvalue weighted by atomic mass is 19.1. The molecule has 0 saturated heterocycles. The summed E-state index contributed by atoms with van der Waals surface area (Å²) in [6.45, 7) is 5.70. The average Bonchev–Trinajstić information content (AvgIpc) is 2.97. The number of ether oxygens (including phenoxy) is 1. The lowest BCUT2D eigenvalue weighted by Gasteiger charge is -2.19. The van der Waals surface area contributed by atoms with Gasteiger partial charge in [0.2, 0.25) is 0 Å². The Balaban J connectivity index is 1.49. The van der Waals surface area contributed by atoms with E-state index in [-0.39, 0.29) is 17.4 Å². The average molecular weight is 609 g/mol. The molecule has 0 fully saturated rings. The fraction of sp³-hybridized carbons (Fsp3) is 0.200. The molecule has 45 heavy (non-hydrogen) atoms. The number of benzene rings is 3. The van der Waals surface area contributed by atoms with E-state index in [2.05, 4.69) is 33.1 Å². The van der Waals surface area contributed by atoms with Gasteiger partial charge in [-0.1, -0.05) is 17.9 Å². The summed E-state index contributed by atoms with van der Waals surface area (Å²) in [7, 11) is 1.94. The van der Waals surface area contributed by atoms with E-state index in [1.807, 2.05) is 36.1 Å². The topological polar surface area (TPSA) is 112 Å². The van der Waals surface area contributed by atoms with E-state index in [1.54, 1.807) is 69.3 Å². The van der Waals surface area contributed by atoms with E-state index in [1.165, 1.54) is 18.2 Å². The smallest absolute Gasteiger partial charge is 0.412 e. The highest BCUT2D eigenvalue weighted by molar-refractivity contribution is 6.06. The molecule has 4 amide bonds. The van der Waals surface area contributed by atoms with Crippen LogP contribution in [-0.4, -0.2) is 30.2 Å². The van der Waals surface area contributed by atoms with Crippen LogP contribution in [-0.2, 0) is 18.2 Å². The van der Waals surface area contributed by atoms with Crippen molar-refractivity contribution < 1.29 is 28.1 Å². The zero-order valence-electron chi connectivity index (χ0n) is 25.5. The first-order valence-corrected chi connectivity index (χ1v) is 14.3.